The number of thioether (sulfide) groups is 1. The Balaban J connectivity index is 1.54. The van der Waals surface area contributed by atoms with Crippen molar-refractivity contribution in [3.63, 3.8) is 0 Å². The Morgan fingerprint density at radius 1 is 1.40 bits per heavy atom. The molecule has 0 aliphatic carbocycles. The van der Waals surface area contributed by atoms with Gasteiger partial charge in [-0.25, -0.2) is 4.98 Å². The molecule has 0 atom stereocenters. The molecule has 136 valence electrons. The zero-order valence-corrected chi connectivity index (χ0v) is 15.6. The first kappa shape index (κ1) is 19.3. The number of rotatable bonds is 11. The van der Waals surface area contributed by atoms with Gasteiger partial charge in [0.05, 0.1) is 24.4 Å². The average Bonchev–Trinajstić information content (AvgIpc) is 3.08. The van der Waals surface area contributed by atoms with Crippen LogP contribution in [-0.2, 0) is 17.1 Å². The molecule has 0 aliphatic heterocycles. The lowest BCUT2D eigenvalue weighted by atomic mass is 10.2. The Hall–Kier alpha value is -1.99. The second-order valence-corrected chi connectivity index (χ2v) is 6.85. The standard InChI is InChI=1S/C18H25N3O3S/c1-21(2)12-15-6-8-20-18(11-15)24-10-4-7-19-17(22)14-25-13-16-5-3-9-23-16/h3,5-6,8-9,11H,4,7,10,12-14H2,1-2H3,(H,19,22). The van der Waals surface area contributed by atoms with Crippen LogP contribution in [0.1, 0.15) is 17.7 Å². The highest BCUT2D eigenvalue weighted by atomic mass is 32.2. The molecule has 25 heavy (non-hydrogen) atoms. The van der Waals surface area contributed by atoms with Crippen molar-refractivity contribution < 1.29 is 13.9 Å². The van der Waals surface area contributed by atoms with Gasteiger partial charge in [0.25, 0.3) is 0 Å². The third-order valence-corrected chi connectivity index (χ3v) is 4.20. The third kappa shape index (κ3) is 8.09. The highest BCUT2D eigenvalue weighted by Crippen LogP contribution is 2.12. The van der Waals surface area contributed by atoms with Gasteiger partial charge in [-0.05, 0) is 44.3 Å². The zero-order valence-electron chi connectivity index (χ0n) is 14.7. The monoisotopic (exact) mass is 363 g/mol. The number of carbonyl (C=O) groups is 1. The van der Waals surface area contributed by atoms with Crippen LogP contribution in [0.2, 0.25) is 0 Å². The Kier molecular flexibility index (Phi) is 8.34. The van der Waals surface area contributed by atoms with Crippen molar-refractivity contribution in [2.45, 2.75) is 18.7 Å². The molecule has 0 aromatic carbocycles. The average molecular weight is 363 g/mol. The minimum absolute atomic E-state index is 0.0302. The molecular formula is C18H25N3O3S. The van der Waals surface area contributed by atoms with Crippen LogP contribution >= 0.6 is 11.8 Å². The topological polar surface area (TPSA) is 67.6 Å². The van der Waals surface area contributed by atoms with Crippen molar-refractivity contribution in [1.82, 2.24) is 15.2 Å². The van der Waals surface area contributed by atoms with Gasteiger partial charge < -0.3 is 19.4 Å². The molecule has 7 heteroatoms. The van der Waals surface area contributed by atoms with Crippen molar-refractivity contribution in [2.24, 2.45) is 0 Å². The molecule has 2 aromatic rings. The number of pyridine rings is 1. The maximum Gasteiger partial charge on any atom is 0.230 e. The highest BCUT2D eigenvalue weighted by Gasteiger charge is 2.03. The first-order valence-electron chi connectivity index (χ1n) is 8.23. The summed E-state index contributed by atoms with van der Waals surface area (Å²) in [7, 11) is 4.05. The van der Waals surface area contributed by atoms with E-state index in [9.17, 15) is 4.79 Å². The molecule has 0 spiro atoms. The molecular weight excluding hydrogens is 338 g/mol. The van der Waals surface area contributed by atoms with Gasteiger partial charge in [0.1, 0.15) is 5.76 Å². The van der Waals surface area contributed by atoms with Crippen molar-refractivity contribution >= 4 is 17.7 Å². The van der Waals surface area contributed by atoms with Crippen LogP contribution in [0.3, 0.4) is 0 Å². The van der Waals surface area contributed by atoms with Crippen LogP contribution in [0.4, 0.5) is 0 Å². The van der Waals surface area contributed by atoms with Crippen molar-refractivity contribution in [3.8, 4) is 5.88 Å². The van der Waals surface area contributed by atoms with E-state index in [1.54, 1.807) is 12.5 Å². The SMILES string of the molecule is CN(C)Cc1ccnc(OCCCNC(=O)CSCc2ccco2)c1. The lowest BCUT2D eigenvalue weighted by molar-refractivity contribution is -0.118. The molecule has 2 aromatic heterocycles. The summed E-state index contributed by atoms with van der Waals surface area (Å²) in [6, 6.07) is 7.68. The van der Waals surface area contributed by atoms with Gasteiger partial charge in [0.15, 0.2) is 0 Å². The van der Waals surface area contributed by atoms with E-state index in [0.29, 0.717) is 30.5 Å². The number of ether oxygens (including phenoxy) is 1. The highest BCUT2D eigenvalue weighted by molar-refractivity contribution is 7.99. The summed E-state index contributed by atoms with van der Waals surface area (Å²) >= 11 is 1.54. The number of amides is 1. The summed E-state index contributed by atoms with van der Waals surface area (Å²) in [6.07, 6.45) is 4.14. The van der Waals surface area contributed by atoms with E-state index in [1.165, 1.54) is 11.8 Å². The predicted molar refractivity (Wildman–Crippen MR) is 99.6 cm³/mol. The number of furan rings is 1. The molecule has 0 bridgehead atoms. The summed E-state index contributed by atoms with van der Waals surface area (Å²) in [6.45, 7) is 1.97. The van der Waals surface area contributed by atoms with Crippen LogP contribution in [0.5, 0.6) is 5.88 Å². The Morgan fingerprint density at radius 2 is 2.28 bits per heavy atom. The van der Waals surface area contributed by atoms with E-state index in [4.69, 9.17) is 9.15 Å². The molecule has 2 rings (SSSR count). The summed E-state index contributed by atoms with van der Waals surface area (Å²) in [5.41, 5.74) is 1.16. The van der Waals surface area contributed by atoms with Gasteiger partial charge in [-0.3, -0.25) is 4.79 Å². The molecule has 0 saturated heterocycles. The van der Waals surface area contributed by atoms with E-state index in [0.717, 1.165) is 24.3 Å². The van der Waals surface area contributed by atoms with Crippen LogP contribution in [0, 0.1) is 0 Å². The molecule has 1 amide bonds. The number of aromatic nitrogens is 1. The number of nitrogens with one attached hydrogen (secondary N) is 1. The predicted octanol–water partition coefficient (Wildman–Crippen LogP) is 2.55. The van der Waals surface area contributed by atoms with Gasteiger partial charge in [-0.1, -0.05) is 0 Å². The van der Waals surface area contributed by atoms with Gasteiger partial charge in [-0.15, -0.1) is 11.8 Å². The fraction of sp³-hybridized carbons (Fsp3) is 0.444. The lowest BCUT2D eigenvalue weighted by Gasteiger charge is -2.11. The molecule has 0 fully saturated rings. The summed E-state index contributed by atoms with van der Waals surface area (Å²) in [5, 5.41) is 2.89. The van der Waals surface area contributed by atoms with Crippen molar-refractivity contribution in [1.29, 1.82) is 0 Å². The fourth-order valence-corrected chi connectivity index (χ4v) is 2.91. The summed E-state index contributed by atoms with van der Waals surface area (Å²) < 4.78 is 10.9. The fourth-order valence-electron chi connectivity index (χ4n) is 2.16. The molecule has 0 aliphatic rings. The van der Waals surface area contributed by atoms with Crippen molar-refractivity contribution in [3.05, 3.63) is 48.0 Å². The number of hydrogen-bond acceptors (Lipinski definition) is 6. The molecule has 6 nitrogen and oxygen atoms in total. The maximum absolute atomic E-state index is 11.7. The van der Waals surface area contributed by atoms with Crippen LogP contribution < -0.4 is 10.1 Å². The van der Waals surface area contributed by atoms with Gasteiger partial charge in [0.2, 0.25) is 11.8 Å². The van der Waals surface area contributed by atoms with Crippen molar-refractivity contribution in [2.75, 3.05) is 33.0 Å². The van der Waals surface area contributed by atoms with Crippen LogP contribution in [-0.4, -0.2) is 48.8 Å². The molecule has 0 radical (unpaired) electrons. The Morgan fingerprint density at radius 3 is 3.04 bits per heavy atom. The largest absolute Gasteiger partial charge is 0.478 e. The molecule has 0 unspecified atom stereocenters. The second kappa shape index (κ2) is 10.8. The molecule has 0 saturated carbocycles. The minimum atomic E-state index is 0.0302. The van der Waals surface area contributed by atoms with E-state index in [-0.39, 0.29) is 5.91 Å². The summed E-state index contributed by atoms with van der Waals surface area (Å²) in [4.78, 5) is 18.0. The van der Waals surface area contributed by atoms with E-state index < -0.39 is 0 Å². The Labute approximate surface area is 152 Å². The third-order valence-electron chi connectivity index (χ3n) is 3.25. The van der Waals surface area contributed by atoms with Gasteiger partial charge >= 0.3 is 0 Å². The quantitative estimate of drug-likeness (QED) is 0.619. The summed E-state index contributed by atoms with van der Waals surface area (Å²) in [5.74, 6) is 2.67. The maximum atomic E-state index is 11.7. The first-order valence-corrected chi connectivity index (χ1v) is 9.38. The van der Waals surface area contributed by atoms with Gasteiger partial charge in [-0.2, -0.15) is 0 Å². The molecule has 2 heterocycles. The number of nitrogens with zero attached hydrogens (tertiary/aromatic N) is 2. The number of carbonyl (C=O) groups excluding carboxylic acids is 1. The normalized spacial score (nSPS) is 10.8. The van der Waals surface area contributed by atoms with E-state index in [1.807, 2.05) is 38.4 Å². The minimum Gasteiger partial charge on any atom is -0.478 e. The van der Waals surface area contributed by atoms with Crippen LogP contribution in [0.15, 0.2) is 41.1 Å². The second-order valence-electron chi connectivity index (χ2n) is 5.86. The lowest BCUT2D eigenvalue weighted by Crippen LogP contribution is -2.27. The number of hydrogen-bond donors (Lipinski definition) is 1. The van der Waals surface area contributed by atoms with Gasteiger partial charge in [0, 0.05) is 25.4 Å². The zero-order chi connectivity index (χ0) is 17.9. The van der Waals surface area contributed by atoms with E-state index in [2.05, 4.69) is 15.2 Å². The smallest absolute Gasteiger partial charge is 0.230 e. The van der Waals surface area contributed by atoms with E-state index >= 15 is 0 Å². The first-order chi connectivity index (χ1) is 12.1. The Bertz CT molecular complexity index is 632. The van der Waals surface area contributed by atoms with Crippen LogP contribution in [0.25, 0.3) is 0 Å². The molecule has 1 N–H and O–H groups in total.